The van der Waals surface area contributed by atoms with E-state index in [1.54, 1.807) is 4.90 Å². The third-order valence-corrected chi connectivity index (χ3v) is 6.19. The minimum Gasteiger partial charge on any atom is -0.458 e. The zero-order valence-electron chi connectivity index (χ0n) is 18.5. The van der Waals surface area contributed by atoms with Crippen LogP contribution in [0.5, 0.6) is 0 Å². The summed E-state index contributed by atoms with van der Waals surface area (Å²) in [5.41, 5.74) is 1.80. The first-order valence-corrected chi connectivity index (χ1v) is 11.1. The second-order valence-corrected chi connectivity index (χ2v) is 8.56. The molecule has 2 atom stereocenters. The van der Waals surface area contributed by atoms with Gasteiger partial charge in [0.2, 0.25) is 5.91 Å². The topological polar surface area (TPSA) is 104 Å². The number of rotatable bonds is 6. The molecule has 0 aliphatic carbocycles. The number of ketones is 1. The molecule has 32 heavy (non-hydrogen) atoms. The standard InChI is InChI=1S/C23H28N4O5/c1-15-8-10-17(11-9-15)13-26-23(31)27-19(5-3-7-21(27)24-26)22(30)25-12-4-6-18(25)20(29)14-32-16(2)28/h8-11,18-19H,3-7,12-14H2,1-2H3/t18-,19-/m0/s1. The molecule has 2 aliphatic rings. The summed E-state index contributed by atoms with van der Waals surface area (Å²) < 4.78 is 7.76. The highest BCUT2D eigenvalue weighted by Crippen LogP contribution is 2.28. The number of aromatic nitrogens is 3. The Morgan fingerprint density at radius 3 is 2.53 bits per heavy atom. The second kappa shape index (κ2) is 9.10. The summed E-state index contributed by atoms with van der Waals surface area (Å²) in [4.78, 5) is 51.8. The Bertz CT molecular complexity index is 1080. The molecule has 0 N–H and O–H groups in total. The van der Waals surface area contributed by atoms with E-state index in [0.29, 0.717) is 44.6 Å². The molecule has 1 saturated heterocycles. The Balaban J connectivity index is 1.55. The number of amides is 1. The molecule has 1 aromatic carbocycles. The van der Waals surface area contributed by atoms with Crippen LogP contribution >= 0.6 is 0 Å². The average molecular weight is 441 g/mol. The van der Waals surface area contributed by atoms with Crippen molar-refractivity contribution in [3.63, 3.8) is 0 Å². The number of benzene rings is 1. The van der Waals surface area contributed by atoms with Gasteiger partial charge in [0.15, 0.2) is 12.4 Å². The van der Waals surface area contributed by atoms with Crippen LogP contribution < -0.4 is 5.69 Å². The Hall–Kier alpha value is -3.23. The van der Waals surface area contributed by atoms with E-state index >= 15 is 0 Å². The first kappa shape index (κ1) is 22.0. The monoisotopic (exact) mass is 440 g/mol. The molecule has 0 bridgehead atoms. The van der Waals surface area contributed by atoms with Crippen LogP contribution in [-0.2, 0) is 32.1 Å². The molecule has 1 fully saturated rings. The first-order valence-electron chi connectivity index (χ1n) is 11.1. The predicted octanol–water partition coefficient (Wildman–Crippen LogP) is 1.40. The molecule has 0 radical (unpaired) electrons. The Morgan fingerprint density at radius 1 is 1.09 bits per heavy atom. The third kappa shape index (κ3) is 4.37. The van der Waals surface area contributed by atoms with Crippen LogP contribution in [-0.4, -0.2) is 56.1 Å². The van der Waals surface area contributed by atoms with Gasteiger partial charge < -0.3 is 9.64 Å². The van der Waals surface area contributed by atoms with E-state index in [9.17, 15) is 19.2 Å². The predicted molar refractivity (Wildman–Crippen MR) is 115 cm³/mol. The number of esters is 1. The number of nitrogens with zero attached hydrogens (tertiary/aromatic N) is 4. The molecule has 0 unspecified atom stereocenters. The maximum absolute atomic E-state index is 13.4. The van der Waals surface area contributed by atoms with Crippen molar-refractivity contribution in [2.75, 3.05) is 13.2 Å². The van der Waals surface area contributed by atoms with Crippen molar-refractivity contribution in [3.05, 3.63) is 51.7 Å². The van der Waals surface area contributed by atoms with Gasteiger partial charge in [-0.05, 0) is 38.2 Å². The van der Waals surface area contributed by atoms with Crippen LogP contribution in [0.25, 0.3) is 0 Å². The Kier molecular flexibility index (Phi) is 6.25. The molecular weight excluding hydrogens is 412 g/mol. The lowest BCUT2D eigenvalue weighted by atomic mass is 10.0. The van der Waals surface area contributed by atoms with E-state index in [1.807, 2.05) is 31.2 Å². The smallest absolute Gasteiger partial charge is 0.346 e. The van der Waals surface area contributed by atoms with Gasteiger partial charge in [-0.15, -0.1) is 0 Å². The van der Waals surface area contributed by atoms with Gasteiger partial charge >= 0.3 is 11.7 Å². The highest BCUT2D eigenvalue weighted by atomic mass is 16.5. The van der Waals surface area contributed by atoms with E-state index in [4.69, 9.17) is 4.74 Å². The maximum atomic E-state index is 13.4. The van der Waals surface area contributed by atoms with Gasteiger partial charge in [-0.1, -0.05) is 29.8 Å². The lowest BCUT2D eigenvalue weighted by Crippen LogP contribution is -2.47. The van der Waals surface area contributed by atoms with E-state index < -0.39 is 18.1 Å². The zero-order chi connectivity index (χ0) is 22.8. The van der Waals surface area contributed by atoms with Crippen LogP contribution in [0.3, 0.4) is 0 Å². The fourth-order valence-corrected chi connectivity index (χ4v) is 4.56. The second-order valence-electron chi connectivity index (χ2n) is 8.56. The molecule has 0 saturated carbocycles. The molecule has 0 spiro atoms. The van der Waals surface area contributed by atoms with Crippen LogP contribution in [0, 0.1) is 6.92 Å². The summed E-state index contributed by atoms with van der Waals surface area (Å²) >= 11 is 0. The van der Waals surface area contributed by atoms with Gasteiger partial charge in [-0.25, -0.2) is 9.48 Å². The molecule has 2 aliphatic heterocycles. The molecule has 1 amide bonds. The minimum atomic E-state index is -0.667. The lowest BCUT2D eigenvalue weighted by molar-refractivity contribution is -0.149. The summed E-state index contributed by atoms with van der Waals surface area (Å²) in [5, 5.41) is 4.50. The summed E-state index contributed by atoms with van der Waals surface area (Å²) in [6.45, 7) is 3.70. The average Bonchev–Trinajstić information content (AvgIpc) is 3.38. The van der Waals surface area contributed by atoms with Gasteiger partial charge in [0, 0.05) is 19.9 Å². The third-order valence-electron chi connectivity index (χ3n) is 6.19. The number of likely N-dealkylation sites (tertiary alicyclic amines) is 1. The number of carbonyl (C=O) groups excluding carboxylic acids is 3. The van der Waals surface area contributed by atoms with Crippen LogP contribution in [0.2, 0.25) is 0 Å². The molecule has 170 valence electrons. The minimum absolute atomic E-state index is 0.235. The first-order chi connectivity index (χ1) is 15.3. The van der Waals surface area contributed by atoms with Crippen molar-refractivity contribution in [3.8, 4) is 0 Å². The van der Waals surface area contributed by atoms with Crippen molar-refractivity contribution in [2.45, 2.75) is 64.6 Å². The molecule has 9 nitrogen and oxygen atoms in total. The number of ether oxygens (including phenoxy) is 1. The summed E-state index contributed by atoms with van der Waals surface area (Å²) in [6, 6.07) is 6.62. The maximum Gasteiger partial charge on any atom is 0.346 e. The van der Waals surface area contributed by atoms with E-state index in [0.717, 1.165) is 17.5 Å². The number of aryl methyl sites for hydroxylation is 2. The number of hydrogen-bond acceptors (Lipinski definition) is 6. The molecule has 2 aromatic rings. The Labute approximate surface area is 186 Å². The van der Waals surface area contributed by atoms with Crippen molar-refractivity contribution in [2.24, 2.45) is 0 Å². The van der Waals surface area contributed by atoms with Crippen molar-refractivity contribution < 1.29 is 19.1 Å². The van der Waals surface area contributed by atoms with Crippen molar-refractivity contribution >= 4 is 17.7 Å². The van der Waals surface area contributed by atoms with Crippen molar-refractivity contribution in [1.29, 1.82) is 0 Å². The van der Waals surface area contributed by atoms with Gasteiger partial charge in [-0.3, -0.25) is 19.0 Å². The van der Waals surface area contributed by atoms with Crippen LogP contribution in [0.1, 0.15) is 55.6 Å². The van der Waals surface area contributed by atoms with E-state index in [2.05, 4.69) is 5.10 Å². The van der Waals surface area contributed by atoms with Gasteiger partial charge in [-0.2, -0.15) is 5.10 Å². The Morgan fingerprint density at radius 2 is 1.81 bits per heavy atom. The molecule has 9 heteroatoms. The number of carbonyl (C=O) groups is 3. The quantitative estimate of drug-likeness (QED) is 0.629. The van der Waals surface area contributed by atoms with Gasteiger partial charge in [0.1, 0.15) is 11.9 Å². The number of hydrogen-bond donors (Lipinski definition) is 0. The van der Waals surface area contributed by atoms with Gasteiger partial charge in [0.25, 0.3) is 0 Å². The highest BCUT2D eigenvalue weighted by Gasteiger charge is 2.40. The molecule has 1 aromatic heterocycles. The van der Waals surface area contributed by atoms with Gasteiger partial charge in [0.05, 0.1) is 12.6 Å². The summed E-state index contributed by atoms with van der Waals surface area (Å²) in [6.07, 6.45) is 3.14. The van der Waals surface area contributed by atoms with E-state index in [-0.39, 0.29) is 24.0 Å². The zero-order valence-corrected chi connectivity index (χ0v) is 18.5. The largest absolute Gasteiger partial charge is 0.458 e. The SMILES string of the molecule is CC(=O)OCC(=O)[C@@H]1CCCN1C(=O)[C@@H]1CCCc2nn(Cc3ccc(C)cc3)c(=O)n21. The molecule has 4 rings (SSSR count). The number of Topliss-reactive ketones (excluding diaryl/α,β-unsaturated/α-hetero) is 1. The van der Waals surface area contributed by atoms with Crippen LogP contribution in [0.15, 0.2) is 29.1 Å². The highest BCUT2D eigenvalue weighted by molar-refractivity contribution is 5.92. The fraction of sp³-hybridized carbons (Fsp3) is 0.522. The van der Waals surface area contributed by atoms with Crippen LogP contribution in [0.4, 0.5) is 0 Å². The van der Waals surface area contributed by atoms with E-state index in [1.165, 1.54) is 16.2 Å². The lowest BCUT2D eigenvalue weighted by Gasteiger charge is -2.30. The summed E-state index contributed by atoms with van der Waals surface area (Å²) in [5.74, 6) is -0.446. The van der Waals surface area contributed by atoms with Crippen molar-refractivity contribution in [1.82, 2.24) is 19.2 Å². The molecular formula is C23H28N4O5. The molecule has 3 heterocycles. The summed E-state index contributed by atoms with van der Waals surface area (Å²) in [7, 11) is 0. The number of fused-ring (bicyclic) bond motifs is 1. The normalized spacial score (nSPS) is 20.1. The fourth-order valence-electron chi connectivity index (χ4n) is 4.56.